The maximum Gasteiger partial charge on any atom is 0.309 e. The molecule has 1 aromatic rings. The van der Waals surface area contributed by atoms with E-state index in [0.717, 1.165) is 48.8 Å². The molecule has 0 heterocycles. The Morgan fingerprint density at radius 1 is 1.17 bits per heavy atom. The van der Waals surface area contributed by atoms with Gasteiger partial charge in [-0.05, 0) is 115 Å². The van der Waals surface area contributed by atoms with Crippen LogP contribution in [0.15, 0.2) is 29.4 Å². The molecule has 1 aromatic carbocycles. The number of hydrogen-bond donors (Lipinski definition) is 2. The summed E-state index contributed by atoms with van der Waals surface area (Å²) in [5, 5.41) is 22.1. The van der Waals surface area contributed by atoms with Crippen molar-refractivity contribution in [1.82, 2.24) is 0 Å². The SMILES string of the molecule is Cc1cc(C(C)(C)C)c(O)c(C)c1CC12CC=C3C=C(C(C)C)CC[C@@H]3[C@@]1(C)CCC[C@@]2(C)C(=O)O. The van der Waals surface area contributed by atoms with Gasteiger partial charge in [-0.3, -0.25) is 4.79 Å². The van der Waals surface area contributed by atoms with Crippen LogP contribution in [0.5, 0.6) is 5.75 Å². The second kappa shape index (κ2) is 8.77. The number of aliphatic carboxylic acids is 1. The molecule has 36 heavy (non-hydrogen) atoms. The highest BCUT2D eigenvalue weighted by atomic mass is 16.4. The largest absolute Gasteiger partial charge is 0.507 e. The molecule has 0 bridgehead atoms. The van der Waals surface area contributed by atoms with Crippen LogP contribution < -0.4 is 0 Å². The van der Waals surface area contributed by atoms with Crippen LogP contribution in [0, 0.1) is 41.9 Å². The standard InChI is InChI=1S/C33H48O3/c1-20(2)23-11-12-26-24(18-23)13-16-33(31(26,8)14-10-15-32(33,9)29(35)36)19-25-21(3)17-27(30(5,6)7)28(34)22(25)4/h13,17-18,20,26,34H,10-12,14-16,19H2,1-9H3,(H,35,36)/t26-,31+,32-,33?/m0/s1. The van der Waals surface area contributed by atoms with Crippen molar-refractivity contribution >= 4 is 5.97 Å². The average molecular weight is 493 g/mol. The number of carbonyl (C=O) groups is 1. The number of carboxylic acid groups (broad SMARTS) is 1. The Labute approximate surface area is 219 Å². The van der Waals surface area contributed by atoms with Crippen LogP contribution >= 0.6 is 0 Å². The molecule has 3 aliphatic carbocycles. The summed E-state index contributed by atoms with van der Waals surface area (Å²) >= 11 is 0. The van der Waals surface area contributed by atoms with Crippen LogP contribution in [0.3, 0.4) is 0 Å². The molecule has 1 fully saturated rings. The highest BCUT2D eigenvalue weighted by molar-refractivity contribution is 5.76. The summed E-state index contributed by atoms with van der Waals surface area (Å²) < 4.78 is 0. The number of benzene rings is 1. The van der Waals surface area contributed by atoms with E-state index in [1.54, 1.807) is 0 Å². The molecule has 2 N–H and O–H groups in total. The van der Waals surface area contributed by atoms with Crippen molar-refractivity contribution in [2.45, 2.75) is 113 Å². The molecule has 198 valence electrons. The second-order valence-electron chi connectivity index (χ2n) is 14.0. The van der Waals surface area contributed by atoms with Gasteiger partial charge in [-0.15, -0.1) is 0 Å². The summed E-state index contributed by atoms with van der Waals surface area (Å²) in [4.78, 5) is 13.1. The molecular weight excluding hydrogens is 444 g/mol. The van der Waals surface area contributed by atoms with Gasteiger partial charge in [-0.2, -0.15) is 0 Å². The van der Waals surface area contributed by atoms with Crippen molar-refractivity contribution in [3.63, 3.8) is 0 Å². The molecule has 0 saturated heterocycles. The van der Waals surface area contributed by atoms with Crippen molar-refractivity contribution in [3.8, 4) is 5.75 Å². The van der Waals surface area contributed by atoms with Crippen LogP contribution in [0.1, 0.15) is 109 Å². The van der Waals surface area contributed by atoms with Crippen LogP contribution in [0.4, 0.5) is 0 Å². The van der Waals surface area contributed by atoms with E-state index in [4.69, 9.17) is 0 Å². The number of phenolic OH excluding ortho intramolecular Hbond substituents is 1. The van der Waals surface area contributed by atoms with E-state index in [1.807, 2.05) is 13.8 Å². The maximum atomic E-state index is 13.1. The van der Waals surface area contributed by atoms with Gasteiger partial charge >= 0.3 is 5.97 Å². The number of fused-ring (bicyclic) bond motifs is 3. The Kier molecular flexibility index (Phi) is 6.59. The molecule has 1 saturated carbocycles. The number of allylic oxidation sites excluding steroid dienone is 4. The summed E-state index contributed by atoms with van der Waals surface area (Å²) in [7, 11) is 0. The third kappa shape index (κ3) is 3.79. The first-order chi connectivity index (χ1) is 16.6. The van der Waals surface area contributed by atoms with Crippen molar-refractivity contribution in [2.75, 3.05) is 0 Å². The molecule has 0 aliphatic heterocycles. The number of aromatic hydroxyl groups is 1. The number of hydrogen-bond acceptors (Lipinski definition) is 2. The molecule has 4 rings (SSSR count). The fraction of sp³-hybridized carbons (Fsp3) is 0.667. The molecule has 3 aliphatic rings. The van der Waals surface area contributed by atoms with Crippen molar-refractivity contribution in [3.05, 3.63) is 51.6 Å². The fourth-order valence-electron chi connectivity index (χ4n) is 8.32. The Hall–Kier alpha value is -2.03. The van der Waals surface area contributed by atoms with Crippen LogP contribution in [-0.2, 0) is 16.6 Å². The lowest BCUT2D eigenvalue weighted by Crippen LogP contribution is -2.62. The van der Waals surface area contributed by atoms with Gasteiger partial charge in [0.15, 0.2) is 0 Å². The van der Waals surface area contributed by atoms with Gasteiger partial charge in [0, 0.05) is 0 Å². The molecule has 4 atom stereocenters. The number of phenols is 1. The quantitative estimate of drug-likeness (QED) is 0.443. The van der Waals surface area contributed by atoms with E-state index in [9.17, 15) is 15.0 Å². The van der Waals surface area contributed by atoms with Gasteiger partial charge in [0.05, 0.1) is 5.41 Å². The Balaban J connectivity index is 1.93. The smallest absolute Gasteiger partial charge is 0.309 e. The molecule has 0 aromatic heterocycles. The summed E-state index contributed by atoms with van der Waals surface area (Å²) in [5.74, 6) is 0.654. The Bertz CT molecular complexity index is 1130. The molecular formula is C33H48O3. The third-order valence-corrected chi connectivity index (χ3v) is 10.9. The molecule has 3 heteroatoms. The Morgan fingerprint density at radius 2 is 1.83 bits per heavy atom. The van der Waals surface area contributed by atoms with E-state index >= 15 is 0 Å². The minimum absolute atomic E-state index is 0.112. The van der Waals surface area contributed by atoms with Gasteiger partial charge in [0.2, 0.25) is 0 Å². The minimum Gasteiger partial charge on any atom is -0.507 e. The van der Waals surface area contributed by atoms with Gasteiger partial charge in [-0.1, -0.05) is 71.8 Å². The van der Waals surface area contributed by atoms with E-state index in [1.165, 1.54) is 16.7 Å². The van der Waals surface area contributed by atoms with Crippen LogP contribution in [0.2, 0.25) is 0 Å². The fourth-order valence-corrected chi connectivity index (χ4v) is 8.32. The van der Waals surface area contributed by atoms with Crippen molar-refractivity contribution in [1.29, 1.82) is 0 Å². The van der Waals surface area contributed by atoms with Crippen molar-refractivity contribution in [2.24, 2.45) is 28.1 Å². The number of aryl methyl sites for hydroxylation is 1. The number of carboxylic acids is 1. The highest BCUT2D eigenvalue weighted by Crippen LogP contribution is 2.70. The monoisotopic (exact) mass is 492 g/mol. The topological polar surface area (TPSA) is 57.5 Å². The van der Waals surface area contributed by atoms with Gasteiger partial charge in [0.25, 0.3) is 0 Å². The average Bonchev–Trinajstić information content (AvgIpc) is 2.78. The van der Waals surface area contributed by atoms with Crippen LogP contribution in [0.25, 0.3) is 0 Å². The maximum absolute atomic E-state index is 13.1. The zero-order valence-electron chi connectivity index (χ0n) is 24.1. The van der Waals surface area contributed by atoms with E-state index in [-0.39, 0.29) is 10.8 Å². The number of rotatable bonds is 4. The lowest BCUT2D eigenvalue weighted by molar-refractivity contribution is -0.186. The predicted molar refractivity (Wildman–Crippen MR) is 148 cm³/mol. The third-order valence-electron chi connectivity index (χ3n) is 10.9. The van der Waals surface area contributed by atoms with E-state index in [0.29, 0.717) is 30.4 Å². The molecule has 0 amide bonds. The minimum atomic E-state index is -0.818. The first-order valence-electron chi connectivity index (χ1n) is 14.1. The lowest BCUT2D eigenvalue weighted by Gasteiger charge is -2.65. The van der Waals surface area contributed by atoms with Crippen molar-refractivity contribution < 1.29 is 15.0 Å². The molecule has 1 unspecified atom stereocenters. The summed E-state index contributed by atoms with van der Waals surface area (Å²) in [6, 6.07) is 2.15. The zero-order valence-corrected chi connectivity index (χ0v) is 24.1. The zero-order chi connectivity index (χ0) is 26.8. The summed E-state index contributed by atoms with van der Waals surface area (Å²) in [5.41, 5.74) is 5.68. The normalized spacial score (nSPS) is 32.4. The van der Waals surface area contributed by atoms with Crippen LogP contribution in [-0.4, -0.2) is 16.2 Å². The summed E-state index contributed by atoms with van der Waals surface area (Å²) in [6.45, 7) is 19.6. The first-order valence-corrected chi connectivity index (χ1v) is 14.1. The summed E-state index contributed by atoms with van der Waals surface area (Å²) in [6.07, 6.45) is 11.3. The van der Waals surface area contributed by atoms with E-state index < -0.39 is 16.8 Å². The predicted octanol–water partition coefficient (Wildman–Crippen LogP) is 8.44. The molecule has 3 nitrogen and oxygen atoms in total. The van der Waals surface area contributed by atoms with E-state index in [2.05, 4.69) is 66.7 Å². The first kappa shape index (κ1) is 27.0. The van der Waals surface area contributed by atoms with Gasteiger partial charge in [-0.25, -0.2) is 0 Å². The van der Waals surface area contributed by atoms with Gasteiger partial charge < -0.3 is 10.2 Å². The molecule has 0 radical (unpaired) electrons. The Morgan fingerprint density at radius 3 is 2.42 bits per heavy atom. The molecule has 0 spiro atoms. The van der Waals surface area contributed by atoms with Gasteiger partial charge in [0.1, 0.15) is 5.75 Å². The highest BCUT2D eigenvalue weighted by Gasteiger charge is 2.67. The second-order valence-corrected chi connectivity index (χ2v) is 14.0. The lowest BCUT2D eigenvalue weighted by atomic mass is 9.37.